The first-order valence-corrected chi connectivity index (χ1v) is 6.09. The van der Waals surface area contributed by atoms with Gasteiger partial charge in [-0.15, -0.1) is 0 Å². The molecule has 0 aromatic heterocycles. The summed E-state index contributed by atoms with van der Waals surface area (Å²) in [5, 5.41) is 3.08. The molecule has 1 N–H and O–H groups in total. The third-order valence-electron chi connectivity index (χ3n) is 3.45. The summed E-state index contributed by atoms with van der Waals surface area (Å²) in [4.78, 5) is 11.5. The molecule has 0 atom stereocenters. The highest BCUT2D eigenvalue weighted by molar-refractivity contribution is 5.79. The van der Waals surface area contributed by atoms with Crippen LogP contribution < -0.4 is 5.32 Å². The maximum atomic E-state index is 12.5. The van der Waals surface area contributed by atoms with Crippen LogP contribution in [0.1, 0.15) is 39.5 Å². The van der Waals surface area contributed by atoms with Crippen molar-refractivity contribution < 1.29 is 22.7 Å². The van der Waals surface area contributed by atoms with E-state index in [0.717, 1.165) is 0 Å². The van der Waals surface area contributed by atoms with Crippen LogP contribution in [0.5, 0.6) is 0 Å². The molecule has 0 heterocycles. The van der Waals surface area contributed by atoms with Crippen LogP contribution in [0.3, 0.4) is 0 Å². The van der Waals surface area contributed by atoms with E-state index in [1.165, 1.54) is 7.11 Å². The van der Waals surface area contributed by atoms with Crippen LogP contribution in [0, 0.1) is 5.92 Å². The lowest BCUT2D eigenvalue weighted by atomic mass is 9.84. The third-order valence-corrected chi connectivity index (χ3v) is 3.45. The van der Waals surface area contributed by atoms with Gasteiger partial charge >= 0.3 is 12.1 Å². The molecule has 0 aliphatic heterocycles. The van der Waals surface area contributed by atoms with E-state index in [2.05, 4.69) is 10.1 Å². The minimum absolute atomic E-state index is 0.0577. The SMILES string of the molecule is COC(=O)C(C)(C)NC1CCC(C(F)(F)F)CC1. The second-order valence-corrected chi connectivity index (χ2v) is 5.35. The van der Waals surface area contributed by atoms with Crippen LogP contribution in [0.15, 0.2) is 0 Å². The molecular formula is C12H20F3NO2. The average molecular weight is 267 g/mol. The monoisotopic (exact) mass is 267 g/mol. The van der Waals surface area contributed by atoms with Crippen LogP contribution in [0.2, 0.25) is 0 Å². The molecule has 1 fully saturated rings. The second-order valence-electron chi connectivity index (χ2n) is 5.35. The Morgan fingerprint density at radius 2 is 1.67 bits per heavy atom. The van der Waals surface area contributed by atoms with Crippen molar-refractivity contribution in [2.75, 3.05) is 7.11 Å². The van der Waals surface area contributed by atoms with Crippen molar-refractivity contribution in [2.45, 2.75) is 57.3 Å². The fourth-order valence-electron chi connectivity index (χ4n) is 2.39. The maximum Gasteiger partial charge on any atom is 0.391 e. The summed E-state index contributed by atoms with van der Waals surface area (Å²) < 4.78 is 42.1. The molecule has 0 saturated heterocycles. The number of esters is 1. The summed E-state index contributed by atoms with van der Waals surface area (Å²) in [6.07, 6.45) is -2.98. The zero-order valence-corrected chi connectivity index (χ0v) is 10.9. The Morgan fingerprint density at radius 1 is 1.17 bits per heavy atom. The van der Waals surface area contributed by atoms with Crippen LogP contribution in [-0.4, -0.2) is 30.8 Å². The fraction of sp³-hybridized carbons (Fsp3) is 0.917. The number of rotatable bonds is 3. The molecule has 1 aliphatic rings. The lowest BCUT2D eigenvalue weighted by Crippen LogP contribution is -2.53. The molecule has 1 rings (SSSR count). The van der Waals surface area contributed by atoms with Gasteiger partial charge < -0.3 is 4.74 Å². The van der Waals surface area contributed by atoms with Gasteiger partial charge in [-0.2, -0.15) is 13.2 Å². The molecule has 106 valence electrons. The van der Waals surface area contributed by atoms with Crippen LogP contribution in [0.4, 0.5) is 13.2 Å². The Balaban J connectivity index is 2.47. The Labute approximate surface area is 105 Å². The van der Waals surface area contributed by atoms with Gasteiger partial charge in [-0.1, -0.05) is 0 Å². The smallest absolute Gasteiger partial charge is 0.391 e. The first-order chi connectivity index (χ1) is 8.16. The van der Waals surface area contributed by atoms with E-state index in [-0.39, 0.29) is 18.9 Å². The number of ether oxygens (including phenoxy) is 1. The Kier molecular flexibility index (Phi) is 4.64. The standard InChI is InChI=1S/C12H20F3NO2/c1-11(2,10(17)18-3)16-9-6-4-8(5-7-9)12(13,14)15/h8-9,16H,4-7H2,1-3H3. The van der Waals surface area contributed by atoms with Gasteiger partial charge in [0.1, 0.15) is 5.54 Å². The molecule has 0 unspecified atom stereocenters. The average Bonchev–Trinajstić information content (AvgIpc) is 2.26. The normalized spacial score (nSPS) is 25.9. The van der Waals surface area contributed by atoms with Crippen molar-refractivity contribution in [3.8, 4) is 0 Å². The van der Waals surface area contributed by atoms with Crippen molar-refractivity contribution in [3.05, 3.63) is 0 Å². The van der Waals surface area contributed by atoms with Gasteiger partial charge in [-0.25, -0.2) is 0 Å². The van der Waals surface area contributed by atoms with Crippen molar-refractivity contribution in [3.63, 3.8) is 0 Å². The quantitative estimate of drug-likeness (QED) is 0.799. The number of alkyl halides is 3. The van der Waals surface area contributed by atoms with Crippen molar-refractivity contribution in [1.82, 2.24) is 5.32 Å². The lowest BCUT2D eigenvalue weighted by Gasteiger charge is -2.35. The molecule has 0 aromatic carbocycles. The van der Waals surface area contributed by atoms with Crippen LogP contribution in [0.25, 0.3) is 0 Å². The number of carbonyl (C=O) groups is 1. The van der Waals surface area contributed by atoms with Crippen molar-refractivity contribution in [1.29, 1.82) is 0 Å². The summed E-state index contributed by atoms with van der Waals surface area (Å²) in [7, 11) is 1.30. The molecule has 1 aliphatic carbocycles. The number of nitrogens with one attached hydrogen (secondary N) is 1. The van der Waals surface area contributed by atoms with Gasteiger partial charge in [0, 0.05) is 6.04 Å². The number of halogens is 3. The molecular weight excluding hydrogens is 247 g/mol. The minimum Gasteiger partial charge on any atom is -0.468 e. The first-order valence-electron chi connectivity index (χ1n) is 6.09. The van der Waals surface area contributed by atoms with Crippen LogP contribution in [-0.2, 0) is 9.53 Å². The van der Waals surface area contributed by atoms with E-state index in [0.29, 0.717) is 12.8 Å². The molecule has 18 heavy (non-hydrogen) atoms. The predicted octanol–water partition coefficient (Wildman–Crippen LogP) is 2.65. The first kappa shape index (κ1) is 15.3. The molecule has 1 saturated carbocycles. The summed E-state index contributed by atoms with van der Waals surface area (Å²) >= 11 is 0. The molecule has 6 heteroatoms. The van der Waals surface area contributed by atoms with E-state index in [4.69, 9.17) is 0 Å². The zero-order valence-electron chi connectivity index (χ0n) is 10.9. The van der Waals surface area contributed by atoms with Crippen LogP contribution >= 0.6 is 0 Å². The molecule has 0 bridgehead atoms. The largest absolute Gasteiger partial charge is 0.468 e. The Bertz CT molecular complexity index is 294. The molecule has 0 aromatic rings. The number of methoxy groups -OCH3 is 1. The van der Waals surface area contributed by atoms with E-state index in [9.17, 15) is 18.0 Å². The number of carbonyl (C=O) groups excluding carboxylic acids is 1. The summed E-state index contributed by atoms with van der Waals surface area (Å²) in [6.45, 7) is 3.35. The van der Waals surface area contributed by atoms with Gasteiger partial charge in [0.05, 0.1) is 13.0 Å². The summed E-state index contributed by atoms with van der Waals surface area (Å²) in [5.74, 6) is -1.60. The highest BCUT2D eigenvalue weighted by Crippen LogP contribution is 2.37. The van der Waals surface area contributed by atoms with E-state index >= 15 is 0 Å². The van der Waals surface area contributed by atoms with Gasteiger partial charge in [0.2, 0.25) is 0 Å². The zero-order chi connectivity index (χ0) is 14.0. The molecule has 0 amide bonds. The van der Waals surface area contributed by atoms with Crippen molar-refractivity contribution in [2.24, 2.45) is 5.92 Å². The second kappa shape index (κ2) is 5.47. The fourth-order valence-corrected chi connectivity index (χ4v) is 2.39. The highest BCUT2D eigenvalue weighted by Gasteiger charge is 2.42. The molecule has 3 nitrogen and oxygen atoms in total. The minimum atomic E-state index is -4.09. The van der Waals surface area contributed by atoms with E-state index in [1.54, 1.807) is 13.8 Å². The Hall–Kier alpha value is -0.780. The molecule has 0 radical (unpaired) electrons. The summed E-state index contributed by atoms with van der Waals surface area (Å²) in [6, 6.07) is -0.0577. The lowest BCUT2D eigenvalue weighted by molar-refractivity contribution is -0.183. The van der Waals surface area contributed by atoms with Gasteiger partial charge in [0.25, 0.3) is 0 Å². The van der Waals surface area contributed by atoms with E-state index in [1.807, 2.05) is 0 Å². The van der Waals surface area contributed by atoms with Gasteiger partial charge in [-0.3, -0.25) is 10.1 Å². The topological polar surface area (TPSA) is 38.3 Å². The number of hydrogen-bond donors (Lipinski definition) is 1. The van der Waals surface area contributed by atoms with Crippen molar-refractivity contribution >= 4 is 5.97 Å². The predicted molar refractivity (Wildman–Crippen MR) is 61.0 cm³/mol. The Morgan fingerprint density at radius 3 is 2.06 bits per heavy atom. The maximum absolute atomic E-state index is 12.5. The summed E-state index contributed by atoms with van der Waals surface area (Å²) in [5.41, 5.74) is -0.857. The third kappa shape index (κ3) is 3.86. The van der Waals surface area contributed by atoms with Gasteiger partial charge in [0.15, 0.2) is 0 Å². The van der Waals surface area contributed by atoms with E-state index < -0.39 is 23.6 Å². The van der Waals surface area contributed by atoms with Gasteiger partial charge in [-0.05, 0) is 39.5 Å². The number of hydrogen-bond acceptors (Lipinski definition) is 3. The highest BCUT2D eigenvalue weighted by atomic mass is 19.4. The molecule has 0 spiro atoms.